The summed E-state index contributed by atoms with van der Waals surface area (Å²) in [5.74, 6) is -0.288. The number of ether oxygens (including phenoxy) is 1. The molecule has 25 heavy (non-hydrogen) atoms. The molecular formula is C20H22N2O3. The predicted molar refractivity (Wildman–Crippen MR) is 98.0 cm³/mol. The van der Waals surface area contributed by atoms with Crippen molar-refractivity contribution in [2.45, 2.75) is 25.9 Å². The second-order valence-electron chi connectivity index (χ2n) is 6.19. The van der Waals surface area contributed by atoms with Crippen LogP contribution in [-0.2, 0) is 9.53 Å². The Morgan fingerprint density at radius 2 is 2.08 bits per heavy atom. The van der Waals surface area contributed by atoms with Gasteiger partial charge in [-0.3, -0.25) is 14.2 Å². The number of benzene rings is 1. The zero-order valence-electron chi connectivity index (χ0n) is 14.3. The van der Waals surface area contributed by atoms with Gasteiger partial charge in [0.15, 0.2) is 0 Å². The first-order chi connectivity index (χ1) is 12.1. The number of aryl methyl sites for hydroxylation is 1. The molecule has 1 aromatic heterocycles. The largest absolute Gasteiger partial charge is 0.376 e. The highest BCUT2D eigenvalue weighted by molar-refractivity contribution is 6.18. The van der Waals surface area contributed by atoms with E-state index in [1.165, 1.54) is 10.6 Å². The fourth-order valence-corrected chi connectivity index (χ4v) is 2.79. The monoisotopic (exact) mass is 338 g/mol. The van der Waals surface area contributed by atoms with E-state index in [9.17, 15) is 9.59 Å². The number of pyridine rings is 1. The van der Waals surface area contributed by atoms with Crippen LogP contribution in [0.3, 0.4) is 0 Å². The lowest BCUT2D eigenvalue weighted by Gasteiger charge is -2.14. The Morgan fingerprint density at radius 3 is 2.76 bits per heavy atom. The van der Waals surface area contributed by atoms with Crippen LogP contribution >= 0.6 is 0 Å². The molecule has 2 heterocycles. The number of rotatable bonds is 5. The Kier molecular flexibility index (Phi) is 5.46. The molecule has 1 saturated heterocycles. The molecule has 5 nitrogen and oxygen atoms in total. The van der Waals surface area contributed by atoms with E-state index in [4.69, 9.17) is 4.74 Å². The van der Waals surface area contributed by atoms with Gasteiger partial charge < -0.3 is 10.1 Å². The highest BCUT2D eigenvalue weighted by Gasteiger charge is 2.18. The number of nitrogens with one attached hydrogen (secondary N) is 1. The summed E-state index contributed by atoms with van der Waals surface area (Å²) in [6, 6.07) is 12.6. The third-order valence-electron chi connectivity index (χ3n) is 4.21. The van der Waals surface area contributed by atoms with Gasteiger partial charge in [0.1, 0.15) is 5.70 Å². The normalized spacial score (nSPS) is 17.5. The molecule has 1 N–H and O–H groups in total. The number of aromatic nitrogens is 1. The van der Waals surface area contributed by atoms with Crippen LogP contribution in [0.25, 0.3) is 11.8 Å². The minimum Gasteiger partial charge on any atom is -0.376 e. The molecule has 0 radical (unpaired) electrons. The van der Waals surface area contributed by atoms with Crippen molar-refractivity contribution in [1.29, 1.82) is 0 Å². The average Bonchev–Trinajstić information content (AvgIpc) is 3.13. The Hall–Kier alpha value is -2.66. The van der Waals surface area contributed by atoms with E-state index in [-0.39, 0.29) is 17.6 Å². The van der Waals surface area contributed by atoms with Crippen LogP contribution in [0, 0.1) is 6.92 Å². The summed E-state index contributed by atoms with van der Waals surface area (Å²) >= 11 is 0. The zero-order chi connectivity index (χ0) is 17.6. The lowest BCUT2D eigenvalue weighted by atomic mass is 10.1. The number of carbonyl (C=O) groups excluding carboxylic acids is 1. The summed E-state index contributed by atoms with van der Waals surface area (Å²) in [5, 5.41) is 2.89. The topological polar surface area (TPSA) is 60.3 Å². The Labute approximate surface area is 146 Å². The van der Waals surface area contributed by atoms with Crippen LogP contribution in [0.4, 0.5) is 0 Å². The molecule has 0 saturated carbocycles. The van der Waals surface area contributed by atoms with Crippen molar-refractivity contribution in [1.82, 2.24) is 9.88 Å². The van der Waals surface area contributed by atoms with Crippen LogP contribution < -0.4 is 10.9 Å². The molecule has 0 spiro atoms. The van der Waals surface area contributed by atoms with Crippen molar-refractivity contribution < 1.29 is 9.53 Å². The number of hydrogen-bond acceptors (Lipinski definition) is 3. The molecule has 1 amide bonds. The summed E-state index contributed by atoms with van der Waals surface area (Å²) in [6.07, 6.45) is 5.35. The van der Waals surface area contributed by atoms with Crippen molar-refractivity contribution in [3.05, 3.63) is 70.1 Å². The molecule has 1 fully saturated rings. The highest BCUT2D eigenvalue weighted by atomic mass is 16.5. The summed E-state index contributed by atoms with van der Waals surface area (Å²) in [6.45, 7) is 3.20. The van der Waals surface area contributed by atoms with Crippen molar-refractivity contribution in [3.63, 3.8) is 0 Å². The smallest absolute Gasteiger partial charge is 0.268 e. The molecule has 2 aromatic rings. The SMILES string of the molecule is Cc1ccc(/C=C(\C(=O)NCC2CCCO2)n2ccccc2=O)cc1. The van der Waals surface area contributed by atoms with E-state index in [0.717, 1.165) is 30.6 Å². The van der Waals surface area contributed by atoms with Gasteiger partial charge >= 0.3 is 0 Å². The molecule has 1 aromatic carbocycles. The number of hydrogen-bond donors (Lipinski definition) is 1. The highest BCUT2D eigenvalue weighted by Crippen LogP contribution is 2.14. The van der Waals surface area contributed by atoms with E-state index in [2.05, 4.69) is 5.32 Å². The fourth-order valence-electron chi connectivity index (χ4n) is 2.79. The van der Waals surface area contributed by atoms with Gasteiger partial charge in [0.05, 0.1) is 6.10 Å². The first-order valence-electron chi connectivity index (χ1n) is 8.50. The van der Waals surface area contributed by atoms with Crippen LogP contribution in [0.2, 0.25) is 0 Å². The molecular weight excluding hydrogens is 316 g/mol. The lowest BCUT2D eigenvalue weighted by Crippen LogP contribution is -2.35. The molecule has 1 atom stereocenters. The van der Waals surface area contributed by atoms with E-state index in [0.29, 0.717) is 12.2 Å². The summed E-state index contributed by atoms with van der Waals surface area (Å²) in [4.78, 5) is 24.9. The van der Waals surface area contributed by atoms with Crippen LogP contribution in [0.1, 0.15) is 24.0 Å². The van der Waals surface area contributed by atoms with Gasteiger partial charge in [0.25, 0.3) is 11.5 Å². The molecule has 130 valence electrons. The van der Waals surface area contributed by atoms with Gasteiger partial charge in [-0.25, -0.2) is 0 Å². The zero-order valence-corrected chi connectivity index (χ0v) is 14.3. The van der Waals surface area contributed by atoms with E-state index in [1.54, 1.807) is 24.4 Å². The van der Waals surface area contributed by atoms with Gasteiger partial charge in [0, 0.05) is 25.4 Å². The molecule has 3 rings (SSSR count). The standard InChI is InChI=1S/C20H22N2O3/c1-15-7-9-16(10-8-15)13-18(22-11-3-2-6-19(22)23)20(24)21-14-17-5-4-12-25-17/h2-3,6-11,13,17H,4-5,12,14H2,1H3,(H,21,24)/b18-13+. The molecule has 1 aliphatic rings. The Morgan fingerprint density at radius 1 is 1.28 bits per heavy atom. The van der Waals surface area contributed by atoms with Gasteiger partial charge in [-0.05, 0) is 37.5 Å². The van der Waals surface area contributed by atoms with Gasteiger partial charge in [-0.15, -0.1) is 0 Å². The van der Waals surface area contributed by atoms with Crippen LogP contribution in [0.5, 0.6) is 0 Å². The van der Waals surface area contributed by atoms with Crippen LogP contribution in [-0.4, -0.2) is 29.7 Å². The minimum absolute atomic E-state index is 0.0528. The van der Waals surface area contributed by atoms with E-state index in [1.807, 2.05) is 31.2 Å². The Bertz CT molecular complexity index is 815. The Balaban J connectivity index is 1.88. The predicted octanol–water partition coefficient (Wildman–Crippen LogP) is 2.45. The summed E-state index contributed by atoms with van der Waals surface area (Å²) in [5.41, 5.74) is 2.06. The maximum atomic E-state index is 12.7. The lowest BCUT2D eigenvalue weighted by molar-refractivity contribution is -0.116. The maximum Gasteiger partial charge on any atom is 0.268 e. The van der Waals surface area contributed by atoms with Crippen LogP contribution in [0.15, 0.2) is 53.5 Å². The van der Waals surface area contributed by atoms with Crippen molar-refractivity contribution >= 4 is 17.7 Å². The first-order valence-corrected chi connectivity index (χ1v) is 8.50. The second kappa shape index (κ2) is 7.94. The maximum absolute atomic E-state index is 12.7. The number of carbonyl (C=O) groups is 1. The van der Waals surface area contributed by atoms with Crippen molar-refractivity contribution in [2.24, 2.45) is 0 Å². The fraction of sp³-hybridized carbons (Fsp3) is 0.300. The number of nitrogens with zero attached hydrogens (tertiary/aromatic N) is 1. The van der Waals surface area contributed by atoms with E-state index < -0.39 is 0 Å². The minimum atomic E-state index is -0.288. The van der Waals surface area contributed by atoms with Crippen molar-refractivity contribution in [3.8, 4) is 0 Å². The third-order valence-corrected chi connectivity index (χ3v) is 4.21. The van der Waals surface area contributed by atoms with Gasteiger partial charge in [-0.2, -0.15) is 0 Å². The molecule has 1 unspecified atom stereocenters. The molecule has 5 heteroatoms. The van der Waals surface area contributed by atoms with Gasteiger partial charge in [-0.1, -0.05) is 35.9 Å². The van der Waals surface area contributed by atoms with E-state index >= 15 is 0 Å². The molecule has 0 aliphatic carbocycles. The quantitative estimate of drug-likeness (QED) is 0.852. The van der Waals surface area contributed by atoms with Gasteiger partial charge in [0.2, 0.25) is 0 Å². The number of amides is 1. The molecule has 0 bridgehead atoms. The third kappa shape index (κ3) is 4.45. The average molecular weight is 338 g/mol. The van der Waals surface area contributed by atoms with Crippen molar-refractivity contribution in [2.75, 3.05) is 13.2 Å². The summed E-state index contributed by atoms with van der Waals surface area (Å²) in [7, 11) is 0. The molecule has 1 aliphatic heterocycles. The first kappa shape index (κ1) is 17.2. The summed E-state index contributed by atoms with van der Waals surface area (Å²) < 4.78 is 6.91. The second-order valence-corrected chi connectivity index (χ2v) is 6.19.